The summed E-state index contributed by atoms with van der Waals surface area (Å²) >= 11 is 3.08. The third-order valence-electron chi connectivity index (χ3n) is 1.46. The lowest BCUT2D eigenvalue weighted by Gasteiger charge is -2.02. The number of rotatable bonds is 3. The molecule has 0 aliphatic carbocycles. The smallest absolute Gasteiger partial charge is 0.268 e. The third kappa shape index (κ3) is 2.43. The van der Waals surface area contributed by atoms with Crippen molar-refractivity contribution in [2.24, 2.45) is 0 Å². The van der Waals surface area contributed by atoms with E-state index >= 15 is 0 Å². The van der Waals surface area contributed by atoms with Crippen LogP contribution in [0.3, 0.4) is 0 Å². The molecule has 0 saturated carbocycles. The lowest BCUT2D eigenvalue weighted by Crippen LogP contribution is -2.28. The van der Waals surface area contributed by atoms with Crippen LogP contribution in [0.2, 0.25) is 0 Å². The van der Waals surface area contributed by atoms with Crippen LogP contribution in [-0.2, 0) is 10.0 Å². The topological polar surface area (TPSA) is 79.0 Å². The maximum absolute atomic E-state index is 11.5. The van der Waals surface area contributed by atoms with E-state index < -0.39 is 15.6 Å². The van der Waals surface area contributed by atoms with Gasteiger partial charge in [0.1, 0.15) is 4.90 Å². The zero-order valence-corrected chi connectivity index (χ0v) is 9.78. The van der Waals surface area contributed by atoms with Crippen LogP contribution in [0.1, 0.15) is 6.92 Å². The van der Waals surface area contributed by atoms with Crippen LogP contribution in [0.15, 0.2) is 26.4 Å². The van der Waals surface area contributed by atoms with Gasteiger partial charge < -0.3 is 4.98 Å². The third-order valence-corrected chi connectivity index (χ3v) is 3.47. The Balaban J connectivity index is 3.32. The molecule has 0 fully saturated rings. The number of pyridine rings is 1. The van der Waals surface area contributed by atoms with Gasteiger partial charge in [-0.1, -0.05) is 6.92 Å². The van der Waals surface area contributed by atoms with Crippen LogP contribution < -0.4 is 10.3 Å². The van der Waals surface area contributed by atoms with Crippen LogP contribution in [0.4, 0.5) is 0 Å². The number of hydrogen-bond acceptors (Lipinski definition) is 3. The number of sulfonamides is 1. The number of aromatic nitrogens is 1. The Bertz CT molecular complexity index is 480. The van der Waals surface area contributed by atoms with Crippen molar-refractivity contribution in [1.29, 1.82) is 0 Å². The van der Waals surface area contributed by atoms with Crippen LogP contribution in [0.25, 0.3) is 0 Å². The van der Waals surface area contributed by atoms with Gasteiger partial charge >= 0.3 is 0 Å². The first kappa shape index (κ1) is 11.4. The molecule has 0 aliphatic heterocycles. The van der Waals surface area contributed by atoms with Gasteiger partial charge in [0.15, 0.2) is 0 Å². The molecule has 0 bridgehead atoms. The molecule has 1 aromatic rings. The van der Waals surface area contributed by atoms with E-state index in [1.165, 1.54) is 12.3 Å². The monoisotopic (exact) mass is 280 g/mol. The fourth-order valence-corrected chi connectivity index (χ4v) is 2.52. The SMILES string of the molecule is CCNS(=O)(=O)c1cc(Br)c[nH]c1=O. The van der Waals surface area contributed by atoms with E-state index in [4.69, 9.17) is 0 Å². The fourth-order valence-electron chi connectivity index (χ4n) is 0.905. The molecule has 0 atom stereocenters. The highest BCUT2D eigenvalue weighted by molar-refractivity contribution is 9.10. The molecule has 0 spiro atoms. The van der Waals surface area contributed by atoms with Gasteiger partial charge in [-0.3, -0.25) is 4.79 Å². The number of hydrogen-bond donors (Lipinski definition) is 2. The lowest BCUT2D eigenvalue weighted by molar-refractivity contribution is 0.582. The van der Waals surface area contributed by atoms with E-state index in [-0.39, 0.29) is 11.4 Å². The molecule has 78 valence electrons. The normalized spacial score (nSPS) is 11.6. The first-order chi connectivity index (χ1) is 6.47. The predicted octanol–water partition coefficient (Wildman–Crippen LogP) is 0.436. The van der Waals surface area contributed by atoms with E-state index in [9.17, 15) is 13.2 Å². The van der Waals surface area contributed by atoms with Gasteiger partial charge in [0, 0.05) is 17.2 Å². The Morgan fingerprint density at radius 1 is 1.57 bits per heavy atom. The second kappa shape index (κ2) is 4.24. The molecule has 0 amide bonds. The number of H-pyrrole nitrogens is 1. The maximum Gasteiger partial charge on any atom is 0.268 e. The largest absolute Gasteiger partial charge is 0.327 e. The zero-order chi connectivity index (χ0) is 10.8. The Morgan fingerprint density at radius 2 is 2.21 bits per heavy atom. The molecule has 0 aliphatic rings. The van der Waals surface area contributed by atoms with Crippen molar-refractivity contribution in [3.05, 3.63) is 27.1 Å². The average Bonchev–Trinajstić information content (AvgIpc) is 2.09. The molecule has 0 aromatic carbocycles. The minimum atomic E-state index is -3.69. The van der Waals surface area contributed by atoms with Gasteiger partial charge in [0.05, 0.1) is 0 Å². The summed E-state index contributed by atoms with van der Waals surface area (Å²) in [5.41, 5.74) is -0.630. The van der Waals surface area contributed by atoms with Gasteiger partial charge in [-0.05, 0) is 22.0 Å². The van der Waals surface area contributed by atoms with Crippen molar-refractivity contribution in [2.45, 2.75) is 11.8 Å². The summed E-state index contributed by atoms with van der Waals surface area (Å²) in [6.45, 7) is 1.89. The van der Waals surface area contributed by atoms with E-state index in [0.717, 1.165) is 0 Å². The molecule has 7 heteroatoms. The molecule has 2 N–H and O–H groups in total. The number of nitrogens with one attached hydrogen (secondary N) is 2. The Morgan fingerprint density at radius 3 is 2.79 bits per heavy atom. The minimum absolute atomic E-state index is 0.244. The van der Waals surface area contributed by atoms with Crippen LogP contribution in [-0.4, -0.2) is 19.9 Å². The molecule has 0 unspecified atom stereocenters. The summed E-state index contributed by atoms with van der Waals surface area (Å²) in [7, 11) is -3.69. The second-order valence-electron chi connectivity index (χ2n) is 2.51. The van der Waals surface area contributed by atoms with E-state index in [2.05, 4.69) is 25.6 Å². The standard InChI is InChI=1S/C7H9BrN2O3S/c1-2-10-14(12,13)6-3-5(8)4-9-7(6)11/h3-4,10H,2H2,1H3,(H,9,11). The Kier molecular flexibility index (Phi) is 3.46. The first-order valence-corrected chi connectivity index (χ1v) is 6.13. The van der Waals surface area contributed by atoms with Gasteiger partial charge in [0.25, 0.3) is 5.56 Å². The molecular formula is C7H9BrN2O3S. The molecular weight excluding hydrogens is 272 g/mol. The maximum atomic E-state index is 11.5. The average molecular weight is 281 g/mol. The molecule has 0 saturated heterocycles. The molecule has 0 radical (unpaired) electrons. The van der Waals surface area contributed by atoms with Crippen molar-refractivity contribution in [3.63, 3.8) is 0 Å². The summed E-state index contributed by atoms with van der Waals surface area (Å²) in [6.07, 6.45) is 1.38. The molecule has 1 rings (SSSR count). The summed E-state index contributed by atoms with van der Waals surface area (Å²) < 4.78 is 25.7. The first-order valence-electron chi connectivity index (χ1n) is 3.85. The summed E-state index contributed by atoms with van der Waals surface area (Å²) in [5.74, 6) is 0. The predicted molar refractivity (Wildman–Crippen MR) is 55.6 cm³/mol. The minimum Gasteiger partial charge on any atom is -0.327 e. The van der Waals surface area contributed by atoms with Crippen molar-refractivity contribution in [2.75, 3.05) is 6.54 Å². The van der Waals surface area contributed by atoms with Crippen LogP contribution >= 0.6 is 15.9 Å². The van der Waals surface area contributed by atoms with E-state index in [1.807, 2.05) is 0 Å². The van der Waals surface area contributed by atoms with Gasteiger partial charge in [-0.25, -0.2) is 13.1 Å². The molecule has 1 heterocycles. The second-order valence-corrected chi connectivity index (χ2v) is 5.16. The quantitative estimate of drug-likeness (QED) is 0.843. The van der Waals surface area contributed by atoms with Crippen molar-refractivity contribution in [1.82, 2.24) is 9.71 Å². The molecule has 5 nitrogen and oxygen atoms in total. The van der Waals surface area contributed by atoms with Crippen molar-refractivity contribution in [3.8, 4) is 0 Å². The Hall–Kier alpha value is -0.660. The highest BCUT2D eigenvalue weighted by atomic mass is 79.9. The fraction of sp³-hybridized carbons (Fsp3) is 0.286. The Labute approximate surface area is 89.7 Å². The van der Waals surface area contributed by atoms with Gasteiger partial charge in [-0.15, -0.1) is 0 Å². The molecule has 14 heavy (non-hydrogen) atoms. The highest BCUT2D eigenvalue weighted by Crippen LogP contribution is 2.10. The van der Waals surface area contributed by atoms with Gasteiger partial charge in [0.2, 0.25) is 10.0 Å². The summed E-state index contributed by atoms with van der Waals surface area (Å²) in [4.78, 5) is 13.2. The summed E-state index contributed by atoms with van der Waals surface area (Å²) in [6, 6.07) is 1.26. The lowest BCUT2D eigenvalue weighted by atomic mass is 10.5. The summed E-state index contributed by atoms with van der Waals surface area (Å²) in [5, 5.41) is 0. The van der Waals surface area contributed by atoms with Gasteiger partial charge in [-0.2, -0.15) is 0 Å². The van der Waals surface area contributed by atoms with Crippen molar-refractivity contribution < 1.29 is 8.42 Å². The van der Waals surface area contributed by atoms with Crippen LogP contribution in [0.5, 0.6) is 0 Å². The number of halogens is 1. The van der Waals surface area contributed by atoms with Crippen molar-refractivity contribution >= 4 is 26.0 Å². The van der Waals surface area contributed by atoms with E-state index in [1.54, 1.807) is 6.92 Å². The zero-order valence-electron chi connectivity index (χ0n) is 7.37. The van der Waals surface area contributed by atoms with E-state index in [0.29, 0.717) is 4.47 Å². The highest BCUT2D eigenvalue weighted by Gasteiger charge is 2.16. The number of aromatic amines is 1. The van der Waals surface area contributed by atoms with Crippen LogP contribution in [0, 0.1) is 0 Å². The molecule has 1 aromatic heterocycles.